The Balaban J connectivity index is 3.96. The highest BCUT2D eigenvalue weighted by atomic mass is 16.6. The molecule has 0 bridgehead atoms. The Bertz CT molecular complexity index is 156. The average molecular weight is 173 g/mol. The van der Waals surface area contributed by atoms with Gasteiger partial charge in [-0.2, -0.15) is 0 Å². The highest BCUT2D eigenvalue weighted by Gasteiger charge is 2.13. The standard InChI is InChI=1S/C8H15NO3/c1-4-12-8(11)9(6-10)5-7(2)3/h6-7H,4-5H2,1-3H3. The van der Waals surface area contributed by atoms with Gasteiger partial charge in [-0.1, -0.05) is 13.8 Å². The summed E-state index contributed by atoms with van der Waals surface area (Å²) in [4.78, 5) is 22.4. The molecule has 0 aliphatic carbocycles. The fraction of sp³-hybridized carbons (Fsp3) is 0.750. The molecule has 0 rings (SSSR count). The van der Waals surface area contributed by atoms with E-state index in [0.29, 0.717) is 19.6 Å². The van der Waals surface area contributed by atoms with Crippen LogP contribution in [0.4, 0.5) is 4.79 Å². The van der Waals surface area contributed by atoms with Crippen LogP contribution in [-0.2, 0) is 9.53 Å². The molecule has 0 aromatic heterocycles. The molecule has 4 heteroatoms. The van der Waals surface area contributed by atoms with Gasteiger partial charge in [0.05, 0.1) is 6.61 Å². The van der Waals surface area contributed by atoms with Gasteiger partial charge < -0.3 is 4.74 Å². The topological polar surface area (TPSA) is 46.6 Å². The van der Waals surface area contributed by atoms with Crippen molar-refractivity contribution in [2.75, 3.05) is 13.2 Å². The van der Waals surface area contributed by atoms with Crippen LogP contribution in [0.2, 0.25) is 0 Å². The van der Waals surface area contributed by atoms with E-state index >= 15 is 0 Å². The molecule has 0 spiro atoms. The highest BCUT2D eigenvalue weighted by Crippen LogP contribution is 1.98. The lowest BCUT2D eigenvalue weighted by atomic mass is 10.2. The maximum atomic E-state index is 11.0. The van der Waals surface area contributed by atoms with E-state index in [1.165, 1.54) is 0 Å². The number of ether oxygens (including phenoxy) is 1. The van der Waals surface area contributed by atoms with Crippen LogP contribution < -0.4 is 0 Å². The van der Waals surface area contributed by atoms with Crippen LogP contribution in [0.1, 0.15) is 20.8 Å². The molecule has 0 fully saturated rings. The molecule has 12 heavy (non-hydrogen) atoms. The van der Waals surface area contributed by atoms with Crippen LogP contribution in [0.25, 0.3) is 0 Å². The van der Waals surface area contributed by atoms with Gasteiger partial charge >= 0.3 is 6.09 Å². The summed E-state index contributed by atoms with van der Waals surface area (Å²) < 4.78 is 4.65. The van der Waals surface area contributed by atoms with Crippen LogP contribution in [-0.4, -0.2) is 30.6 Å². The summed E-state index contributed by atoms with van der Waals surface area (Å²) in [6.45, 7) is 6.26. The fourth-order valence-corrected chi connectivity index (χ4v) is 0.760. The molecular formula is C8H15NO3. The maximum Gasteiger partial charge on any atom is 0.416 e. The minimum atomic E-state index is -0.568. The van der Waals surface area contributed by atoms with Crippen molar-refractivity contribution in [1.82, 2.24) is 4.90 Å². The predicted octanol–water partition coefficient (Wildman–Crippen LogP) is 1.26. The molecule has 0 N–H and O–H groups in total. The Morgan fingerprint density at radius 3 is 2.50 bits per heavy atom. The Hall–Kier alpha value is -1.06. The van der Waals surface area contributed by atoms with Crippen LogP contribution >= 0.6 is 0 Å². The summed E-state index contributed by atoms with van der Waals surface area (Å²) >= 11 is 0. The van der Waals surface area contributed by atoms with E-state index < -0.39 is 6.09 Å². The molecule has 0 aromatic carbocycles. The predicted molar refractivity (Wildman–Crippen MR) is 44.6 cm³/mol. The van der Waals surface area contributed by atoms with Gasteiger partial charge in [0.15, 0.2) is 0 Å². The molecule has 0 saturated carbocycles. The molecule has 2 amide bonds. The molecule has 0 heterocycles. The van der Waals surface area contributed by atoms with Crippen molar-refractivity contribution in [3.63, 3.8) is 0 Å². The van der Waals surface area contributed by atoms with Gasteiger partial charge in [0.1, 0.15) is 0 Å². The first-order valence-corrected chi connectivity index (χ1v) is 4.00. The van der Waals surface area contributed by atoms with Crippen LogP contribution in [0.5, 0.6) is 0 Å². The van der Waals surface area contributed by atoms with Crippen molar-refractivity contribution in [1.29, 1.82) is 0 Å². The minimum absolute atomic E-state index is 0.264. The maximum absolute atomic E-state index is 11.0. The SMILES string of the molecule is CCOC(=O)N(C=O)CC(C)C. The third-order valence-electron chi connectivity index (χ3n) is 1.19. The van der Waals surface area contributed by atoms with Gasteiger partial charge in [0.2, 0.25) is 6.41 Å². The number of hydrogen-bond donors (Lipinski definition) is 0. The van der Waals surface area contributed by atoms with E-state index in [1.807, 2.05) is 13.8 Å². The minimum Gasteiger partial charge on any atom is -0.449 e. The second-order valence-corrected chi connectivity index (χ2v) is 2.85. The number of hydrogen-bond acceptors (Lipinski definition) is 3. The third kappa shape index (κ3) is 3.95. The molecule has 4 nitrogen and oxygen atoms in total. The van der Waals surface area contributed by atoms with E-state index in [1.54, 1.807) is 6.92 Å². The van der Waals surface area contributed by atoms with Crippen LogP contribution in [0.15, 0.2) is 0 Å². The summed E-state index contributed by atoms with van der Waals surface area (Å²) in [5, 5.41) is 0. The Labute approximate surface area is 72.5 Å². The summed E-state index contributed by atoms with van der Waals surface area (Å²) in [6, 6.07) is 0. The van der Waals surface area contributed by atoms with Gasteiger partial charge in [0, 0.05) is 6.54 Å². The Morgan fingerprint density at radius 2 is 2.17 bits per heavy atom. The van der Waals surface area contributed by atoms with Gasteiger partial charge in [0.25, 0.3) is 0 Å². The van der Waals surface area contributed by atoms with E-state index in [9.17, 15) is 9.59 Å². The molecule has 0 aromatic rings. The molecule has 0 saturated heterocycles. The molecular weight excluding hydrogens is 158 g/mol. The molecule has 0 unspecified atom stereocenters. The number of carbonyl (C=O) groups is 2. The molecule has 0 aliphatic heterocycles. The Kier molecular flexibility index (Phi) is 5.08. The number of rotatable bonds is 4. The largest absolute Gasteiger partial charge is 0.449 e. The lowest BCUT2D eigenvalue weighted by Gasteiger charge is -2.16. The molecule has 70 valence electrons. The van der Waals surface area contributed by atoms with Crippen molar-refractivity contribution in [3.05, 3.63) is 0 Å². The normalized spacial score (nSPS) is 9.67. The summed E-state index contributed by atoms with van der Waals surface area (Å²) in [5.74, 6) is 0.264. The van der Waals surface area contributed by atoms with Gasteiger partial charge in [-0.05, 0) is 12.8 Å². The monoisotopic (exact) mass is 173 g/mol. The smallest absolute Gasteiger partial charge is 0.416 e. The first-order valence-electron chi connectivity index (χ1n) is 4.00. The zero-order chi connectivity index (χ0) is 9.56. The van der Waals surface area contributed by atoms with Gasteiger partial charge in [-0.15, -0.1) is 0 Å². The van der Waals surface area contributed by atoms with Crippen molar-refractivity contribution in [2.45, 2.75) is 20.8 Å². The van der Waals surface area contributed by atoms with E-state index in [2.05, 4.69) is 4.74 Å². The van der Waals surface area contributed by atoms with Crippen molar-refractivity contribution >= 4 is 12.5 Å². The second-order valence-electron chi connectivity index (χ2n) is 2.85. The van der Waals surface area contributed by atoms with Crippen molar-refractivity contribution in [2.24, 2.45) is 5.92 Å². The lowest BCUT2D eigenvalue weighted by Crippen LogP contribution is -2.33. The third-order valence-corrected chi connectivity index (χ3v) is 1.19. The zero-order valence-electron chi connectivity index (χ0n) is 7.74. The van der Waals surface area contributed by atoms with Crippen molar-refractivity contribution < 1.29 is 14.3 Å². The summed E-state index contributed by atoms with van der Waals surface area (Å²) in [5.41, 5.74) is 0. The lowest BCUT2D eigenvalue weighted by molar-refractivity contribution is -0.117. The molecule has 0 radical (unpaired) electrons. The number of nitrogens with zero attached hydrogens (tertiary/aromatic N) is 1. The average Bonchev–Trinajstić information content (AvgIpc) is 2.00. The number of carbonyl (C=O) groups excluding carboxylic acids is 2. The second kappa shape index (κ2) is 5.57. The van der Waals surface area contributed by atoms with E-state index in [-0.39, 0.29) is 5.92 Å². The van der Waals surface area contributed by atoms with Crippen LogP contribution in [0.3, 0.4) is 0 Å². The van der Waals surface area contributed by atoms with Crippen molar-refractivity contribution in [3.8, 4) is 0 Å². The number of imide groups is 1. The number of amides is 2. The fourth-order valence-electron chi connectivity index (χ4n) is 0.760. The molecule has 0 aliphatic rings. The summed E-state index contributed by atoms with van der Waals surface area (Å²) in [7, 11) is 0. The quantitative estimate of drug-likeness (QED) is 0.601. The Morgan fingerprint density at radius 1 is 1.58 bits per heavy atom. The first kappa shape index (κ1) is 10.9. The van der Waals surface area contributed by atoms with Gasteiger partial charge in [-0.3, -0.25) is 4.79 Å². The van der Waals surface area contributed by atoms with E-state index in [0.717, 1.165) is 4.90 Å². The highest BCUT2D eigenvalue weighted by molar-refractivity contribution is 5.80. The van der Waals surface area contributed by atoms with Crippen LogP contribution in [0, 0.1) is 5.92 Å². The zero-order valence-corrected chi connectivity index (χ0v) is 7.74. The summed E-state index contributed by atoms with van der Waals surface area (Å²) in [6.07, 6.45) is -0.0703. The van der Waals surface area contributed by atoms with Gasteiger partial charge in [-0.25, -0.2) is 9.69 Å². The first-order chi connectivity index (χ1) is 5.61. The van der Waals surface area contributed by atoms with E-state index in [4.69, 9.17) is 0 Å². The molecule has 0 atom stereocenters.